The fraction of sp³-hybridized carbons (Fsp3) is 0.846. The molecule has 0 heterocycles. The first-order chi connectivity index (χ1) is 9.12. The van der Waals surface area contributed by atoms with Crippen molar-refractivity contribution in [3.8, 4) is 0 Å². The number of aliphatic carboxylic acids is 1. The van der Waals surface area contributed by atoms with Crippen LogP contribution in [0, 0.1) is 17.8 Å². The molecular formula is C13H20F3NO3. The molecule has 20 heavy (non-hydrogen) atoms. The minimum absolute atomic E-state index is 0.0942. The molecule has 0 aromatic carbocycles. The van der Waals surface area contributed by atoms with Crippen molar-refractivity contribution in [1.29, 1.82) is 0 Å². The lowest BCUT2D eigenvalue weighted by Gasteiger charge is -2.32. The smallest absolute Gasteiger partial charge is 0.391 e. The first-order valence-electron chi connectivity index (χ1n) is 6.72. The van der Waals surface area contributed by atoms with Crippen molar-refractivity contribution in [2.24, 2.45) is 17.8 Å². The van der Waals surface area contributed by atoms with Gasteiger partial charge in [0.2, 0.25) is 5.91 Å². The normalized spacial score (nSPS) is 26.6. The summed E-state index contributed by atoms with van der Waals surface area (Å²) in [7, 11) is 0. The van der Waals surface area contributed by atoms with Crippen LogP contribution in [0.5, 0.6) is 0 Å². The molecule has 4 nitrogen and oxygen atoms in total. The Labute approximate surface area is 115 Å². The van der Waals surface area contributed by atoms with E-state index in [1.807, 2.05) is 0 Å². The van der Waals surface area contributed by atoms with E-state index in [1.54, 1.807) is 0 Å². The van der Waals surface area contributed by atoms with Gasteiger partial charge in [0.05, 0.1) is 11.8 Å². The van der Waals surface area contributed by atoms with Gasteiger partial charge < -0.3 is 10.4 Å². The highest BCUT2D eigenvalue weighted by atomic mass is 19.4. The molecule has 1 saturated carbocycles. The number of alkyl halides is 3. The molecule has 1 rings (SSSR count). The van der Waals surface area contributed by atoms with Crippen molar-refractivity contribution < 1.29 is 27.9 Å². The average Bonchev–Trinajstić information content (AvgIpc) is 2.36. The molecule has 0 aromatic rings. The highest BCUT2D eigenvalue weighted by molar-refractivity contribution is 5.84. The Balaban J connectivity index is 2.56. The quantitative estimate of drug-likeness (QED) is 0.837. The van der Waals surface area contributed by atoms with Gasteiger partial charge in [0.25, 0.3) is 0 Å². The Bertz CT molecular complexity index is 370. The highest BCUT2D eigenvalue weighted by Gasteiger charge is 2.42. The minimum atomic E-state index is -4.23. The standard InChI is InChI=1S/C13H20F3NO3/c1-7(8(2)12(19)20)11(18)17-10-5-3-4-9(6-10)13(14,15)16/h7-10H,3-6H2,1-2H3,(H,17,18)(H,19,20). The van der Waals surface area contributed by atoms with Gasteiger partial charge in [0, 0.05) is 12.0 Å². The molecule has 1 aliphatic carbocycles. The molecule has 1 aliphatic rings. The van der Waals surface area contributed by atoms with Crippen LogP contribution in [-0.2, 0) is 9.59 Å². The van der Waals surface area contributed by atoms with Crippen molar-refractivity contribution in [3.05, 3.63) is 0 Å². The Morgan fingerprint density at radius 1 is 1.20 bits per heavy atom. The molecular weight excluding hydrogens is 275 g/mol. The molecule has 0 spiro atoms. The number of carbonyl (C=O) groups excluding carboxylic acids is 1. The molecule has 1 fully saturated rings. The number of carboxylic acids is 1. The summed E-state index contributed by atoms with van der Waals surface area (Å²) in [5.41, 5.74) is 0. The van der Waals surface area contributed by atoms with Crippen LogP contribution in [0.4, 0.5) is 13.2 Å². The van der Waals surface area contributed by atoms with E-state index in [4.69, 9.17) is 5.11 Å². The lowest BCUT2D eigenvalue weighted by molar-refractivity contribution is -0.184. The topological polar surface area (TPSA) is 66.4 Å². The Kier molecular flexibility index (Phi) is 5.42. The summed E-state index contributed by atoms with van der Waals surface area (Å²) in [6.07, 6.45) is -3.34. The molecule has 4 unspecified atom stereocenters. The minimum Gasteiger partial charge on any atom is -0.481 e. The number of amides is 1. The van der Waals surface area contributed by atoms with Gasteiger partial charge in [-0.15, -0.1) is 0 Å². The number of carbonyl (C=O) groups is 2. The van der Waals surface area contributed by atoms with Gasteiger partial charge in [-0.3, -0.25) is 9.59 Å². The maximum absolute atomic E-state index is 12.7. The fourth-order valence-corrected chi connectivity index (χ4v) is 2.39. The van der Waals surface area contributed by atoms with E-state index in [2.05, 4.69) is 5.32 Å². The number of rotatable bonds is 4. The van der Waals surface area contributed by atoms with E-state index in [-0.39, 0.29) is 12.8 Å². The first-order valence-corrected chi connectivity index (χ1v) is 6.72. The zero-order valence-corrected chi connectivity index (χ0v) is 11.5. The van der Waals surface area contributed by atoms with Crippen LogP contribution in [0.2, 0.25) is 0 Å². The summed E-state index contributed by atoms with van der Waals surface area (Å²) in [5, 5.41) is 11.4. The van der Waals surface area contributed by atoms with Crippen LogP contribution in [0.15, 0.2) is 0 Å². The van der Waals surface area contributed by atoms with Gasteiger partial charge in [0.1, 0.15) is 0 Å². The lowest BCUT2D eigenvalue weighted by Crippen LogP contribution is -2.45. The van der Waals surface area contributed by atoms with Crippen molar-refractivity contribution in [3.63, 3.8) is 0 Å². The van der Waals surface area contributed by atoms with Crippen molar-refractivity contribution >= 4 is 11.9 Å². The van der Waals surface area contributed by atoms with E-state index in [0.29, 0.717) is 12.8 Å². The van der Waals surface area contributed by atoms with Gasteiger partial charge in [-0.25, -0.2) is 0 Å². The second kappa shape index (κ2) is 6.45. The van der Waals surface area contributed by atoms with Crippen molar-refractivity contribution in [2.75, 3.05) is 0 Å². The van der Waals surface area contributed by atoms with E-state index in [9.17, 15) is 22.8 Å². The second-order valence-corrected chi connectivity index (χ2v) is 5.53. The van der Waals surface area contributed by atoms with E-state index >= 15 is 0 Å². The van der Waals surface area contributed by atoms with Crippen LogP contribution in [-0.4, -0.2) is 29.2 Å². The third kappa shape index (κ3) is 4.38. The molecule has 0 bridgehead atoms. The third-order valence-corrected chi connectivity index (χ3v) is 4.04. The van der Waals surface area contributed by atoms with Crippen molar-refractivity contribution in [1.82, 2.24) is 5.32 Å². The van der Waals surface area contributed by atoms with Crippen LogP contribution in [0.25, 0.3) is 0 Å². The van der Waals surface area contributed by atoms with E-state index in [1.165, 1.54) is 13.8 Å². The predicted molar refractivity (Wildman–Crippen MR) is 65.9 cm³/mol. The fourth-order valence-electron chi connectivity index (χ4n) is 2.39. The van der Waals surface area contributed by atoms with E-state index in [0.717, 1.165) is 0 Å². The van der Waals surface area contributed by atoms with Crippen LogP contribution in [0.3, 0.4) is 0 Å². The lowest BCUT2D eigenvalue weighted by atomic mass is 9.84. The zero-order chi connectivity index (χ0) is 15.5. The van der Waals surface area contributed by atoms with Gasteiger partial charge in [0.15, 0.2) is 0 Å². The number of hydrogen-bond acceptors (Lipinski definition) is 2. The maximum atomic E-state index is 12.7. The largest absolute Gasteiger partial charge is 0.481 e. The van der Waals surface area contributed by atoms with Gasteiger partial charge >= 0.3 is 12.1 Å². The van der Waals surface area contributed by atoms with Crippen LogP contribution >= 0.6 is 0 Å². The third-order valence-electron chi connectivity index (χ3n) is 4.04. The molecule has 0 saturated heterocycles. The second-order valence-electron chi connectivity index (χ2n) is 5.53. The molecule has 116 valence electrons. The summed E-state index contributed by atoms with van der Waals surface area (Å²) < 4.78 is 38.0. The SMILES string of the molecule is CC(C(=O)O)C(C)C(=O)NC1CCCC(C(F)(F)F)C1. The van der Waals surface area contributed by atoms with Gasteiger partial charge in [-0.2, -0.15) is 13.2 Å². The Morgan fingerprint density at radius 2 is 1.80 bits per heavy atom. The molecule has 7 heteroatoms. The zero-order valence-electron chi connectivity index (χ0n) is 11.5. The maximum Gasteiger partial charge on any atom is 0.391 e. The average molecular weight is 295 g/mol. The molecule has 2 N–H and O–H groups in total. The molecule has 0 aromatic heterocycles. The van der Waals surface area contributed by atoms with Gasteiger partial charge in [-0.05, 0) is 19.3 Å². The molecule has 1 amide bonds. The molecule has 0 radical (unpaired) electrons. The summed E-state index contributed by atoms with van der Waals surface area (Å²) in [6, 6.07) is -0.522. The first kappa shape index (κ1) is 16.8. The van der Waals surface area contributed by atoms with Gasteiger partial charge in [-0.1, -0.05) is 20.3 Å². The summed E-state index contributed by atoms with van der Waals surface area (Å²) in [4.78, 5) is 22.6. The van der Waals surface area contributed by atoms with Crippen molar-refractivity contribution in [2.45, 2.75) is 51.7 Å². The van der Waals surface area contributed by atoms with Crippen LogP contribution < -0.4 is 5.32 Å². The summed E-state index contributed by atoms with van der Waals surface area (Å²) in [6.45, 7) is 2.88. The number of nitrogens with one attached hydrogen (secondary N) is 1. The predicted octanol–water partition coefficient (Wildman–Crippen LogP) is 2.58. The summed E-state index contributed by atoms with van der Waals surface area (Å²) in [5.74, 6) is -4.60. The number of halogens is 3. The van der Waals surface area contributed by atoms with E-state index < -0.39 is 41.8 Å². The molecule has 0 aliphatic heterocycles. The summed E-state index contributed by atoms with van der Waals surface area (Å²) >= 11 is 0. The highest BCUT2D eigenvalue weighted by Crippen LogP contribution is 2.37. The monoisotopic (exact) mass is 295 g/mol. The van der Waals surface area contributed by atoms with Crippen LogP contribution in [0.1, 0.15) is 39.5 Å². The Morgan fingerprint density at radius 3 is 2.30 bits per heavy atom. The molecule has 4 atom stereocenters. The Hall–Kier alpha value is -1.27. The number of hydrogen-bond donors (Lipinski definition) is 2. The number of carboxylic acid groups (broad SMARTS) is 1.